The summed E-state index contributed by atoms with van der Waals surface area (Å²) >= 11 is 1.35. The number of alkyl halides is 3. The van der Waals surface area contributed by atoms with Crippen molar-refractivity contribution in [1.29, 1.82) is 0 Å². The molecule has 0 saturated heterocycles. The molecule has 1 rings (SSSR count). The molecule has 0 saturated carbocycles. The van der Waals surface area contributed by atoms with Gasteiger partial charge in [-0.2, -0.15) is 24.9 Å². The number of aromatic nitrogens is 1. The Kier molecular flexibility index (Phi) is 3.96. The molecule has 0 amide bonds. The summed E-state index contributed by atoms with van der Waals surface area (Å²) in [7, 11) is 1.34. The Balaban J connectivity index is 3.60. The lowest BCUT2D eigenvalue weighted by Gasteiger charge is -2.18. The fourth-order valence-corrected chi connectivity index (χ4v) is 2.24. The lowest BCUT2D eigenvalue weighted by Crippen LogP contribution is -2.26. The maximum absolute atomic E-state index is 12.8. The van der Waals surface area contributed by atoms with Crippen LogP contribution in [0.15, 0.2) is 11.0 Å². The molecule has 2 nitrogen and oxygen atoms in total. The Morgan fingerprint density at radius 3 is 2.35 bits per heavy atom. The summed E-state index contributed by atoms with van der Waals surface area (Å²) in [6.07, 6.45) is -1.81. The van der Waals surface area contributed by atoms with Gasteiger partial charge in [0, 0.05) is 24.1 Å². The van der Waals surface area contributed by atoms with Crippen molar-refractivity contribution >= 4 is 11.8 Å². The van der Waals surface area contributed by atoms with Gasteiger partial charge in [0.15, 0.2) is 0 Å². The zero-order chi connectivity index (χ0) is 13.4. The van der Waals surface area contributed by atoms with Gasteiger partial charge in [-0.1, -0.05) is 0 Å². The van der Waals surface area contributed by atoms with E-state index in [1.54, 1.807) is 13.2 Å². The van der Waals surface area contributed by atoms with Gasteiger partial charge in [-0.15, -0.1) is 0 Å². The molecule has 0 aliphatic carbocycles. The average Bonchev–Trinajstić information content (AvgIpc) is 2.21. The number of pyridine rings is 1. The maximum atomic E-state index is 12.8. The van der Waals surface area contributed by atoms with Crippen molar-refractivity contribution in [2.45, 2.75) is 25.3 Å². The molecule has 0 bridgehead atoms. The van der Waals surface area contributed by atoms with E-state index in [4.69, 9.17) is 0 Å². The first-order valence-electron chi connectivity index (χ1n) is 5.00. The Morgan fingerprint density at radius 1 is 1.41 bits per heavy atom. The third-order valence-electron chi connectivity index (χ3n) is 2.75. The normalized spacial score (nSPS) is 13.8. The molecule has 0 aliphatic rings. The summed E-state index contributed by atoms with van der Waals surface area (Å²) in [5, 5.41) is -0.254. The van der Waals surface area contributed by atoms with Crippen LogP contribution in [0.4, 0.5) is 13.2 Å². The van der Waals surface area contributed by atoms with Crippen molar-refractivity contribution in [3.05, 3.63) is 33.2 Å². The maximum Gasteiger partial charge on any atom is 0.418 e. The highest BCUT2D eigenvalue weighted by atomic mass is 32.2. The SMILES string of the molecule is CSC(C)c1c(C)c(C(F)(F)F)cn(C)c1=O. The molecule has 0 N–H and O–H groups in total. The van der Waals surface area contributed by atoms with Crippen LogP contribution in [0.1, 0.15) is 28.9 Å². The van der Waals surface area contributed by atoms with Crippen molar-refractivity contribution in [2.24, 2.45) is 7.05 Å². The first-order chi connectivity index (χ1) is 7.70. The molecular weight excluding hydrogens is 251 g/mol. The summed E-state index contributed by atoms with van der Waals surface area (Å²) in [4.78, 5) is 11.9. The van der Waals surface area contributed by atoms with Gasteiger partial charge in [0.1, 0.15) is 0 Å². The van der Waals surface area contributed by atoms with Crippen LogP contribution in [0, 0.1) is 6.92 Å². The van der Waals surface area contributed by atoms with Gasteiger partial charge in [0.05, 0.1) is 5.56 Å². The molecule has 1 heterocycles. The van der Waals surface area contributed by atoms with Crippen LogP contribution in [0.5, 0.6) is 0 Å². The van der Waals surface area contributed by atoms with E-state index in [2.05, 4.69) is 0 Å². The van der Waals surface area contributed by atoms with E-state index in [1.165, 1.54) is 25.7 Å². The number of thioether (sulfide) groups is 1. The topological polar surface area (TPSA) is 22.0 Å². The standard InChI is InChI=1S/C11H14F3NOS/c1-6-8(11(12,13)14)5-15(3)10(16)9(6)7(2)17-4/h5,7H,1-4H3. The van der Waals surface area contributed by atoms with Gasteiger partial charge in [0.25, 0.3) is 5.56 Å². The number of hydrogen-bond acceptors (Lipinski definition) is 2. The zero-order valence-electron chi connectivity index (χ0n) is 10.1. The molecule has 0 fully saturated rings. The van der Waals surface area contributed by atoms with Crippen LogP contribution in [0.25, 0.3) is 0 Å². The second-order valence-corrected chi connectivity index (χ2v) is 5.05. The summed E-state index contributed by atoms with van der Waals surface area (Å²) in [5.74, 6) is 0. The Hall–Kier alpha value is -0.910. The monoisotopic (exact) mass is 265 g/mol. The van der Waals surface area contributed by atoms with Gasteiger partial charge < -0.3 is 4.57 Å². The number of aryl methyl sites for hydroxylation is 1. The summed E-state index contributed by atoms with van der Waals surface area (Å²) in [6, 6.07) is 0. The highest BCUT2D eigenvalue weighted by Gasteiger charge is 2.35. The van der Waals surface area contributed by atoms with Crippen molar-refractivity contribution in [3.63, 3.8) is 0 Å². The summed E-state index contributed by atoms with van der Waals surface area (Å²) in [5.41, 5.74) is -0.842. The van der Waals surface area contributed by atoms with Crippen molar-refractivity contribution in [3.8, 4) is 0 Å². The Bertz CT molecular complexity index is 479. The molecule has 0 spiro atoms. The van der Waals surface area contributed by atoms with E-state index in [0.29, 0.717) is 0 Å². The van der Waals surface area contributed by atoms with Crippen LogP contribution >= 0.6 is 11.8 Å². The first kappa shape index (κ1) is 14.2. The van der Waals surface area contributed by atoms with Crippen molar-refractivity contribution in [2.75, 3.05) is 6.26 Å². The fraction of sp³-hybridized carbons (Fsp3) is 0.545. The van der Waals surface area contributed by atoms with E-state index < -0.39 is 11.7 Å². The lowest BCUT2D eigenvalue weighted by molar-refractivity contribution is -0.138. The Labute approximate surface area is 102 Å². The fourth-order valence-electron chi connectivity index (χ4n) is 1.73. The molecule has 6 heteroatoms. The average molecular weight is 265 g/mol. The molecule has 1 aromatic heterocycles. The van der Waals surface area contributed by atoms with Gasteiger partial charge in [0.2, 0.25) is 0 Å². The largest absolute Gasteiger partial charge is 0.418 e. The summed E-state index contributed by atoms with van der Waals surface area (Å²) < 4.78 is 39.4. The first-order valence-corrected chi connectivity index (χ1v) is 6.29. The summed E-state index contributed by atoms with van der Waals surface area (Å²) in [6.45, 7) is 3.08. The molecule has 1 aromatic rings. The lowest BCUT2D eigenvalue weighted by atomic mass is 10.0. The molecule has 1 atom stereocenters. The number of nitrogens with zero attached hydrogens (tertiary/aromatic N) is 1. The molecule has 17 heavy (non-hydrogen) atoms. The second-order valence-electron chi connectivity index (χ2n) is 3.87. The van der Waals surface area contributed by atoms with Crippen LogP contribution in [-0.2, 0) is 13.2 Å². The number of hydrogen-bond donors (Lipinski definition) is 0. The molecule has 0 aliphatic heterocycles. The van der Waals surface area contributed by atoms with E-state index in [9.17, 15) is 18.0 Å². The van der Waals surface area contributed by atoms with Gasteiger partial charge >= 0.3 is 6.18 Å². The minimum atomic E-state index is -4.43. The van der Waals surface area contributed by atoms with Crippen LogP contribution in [0.2, 0.25) is 0 Å². The van der Waals surface area contributed by atoms with Crippen LogP contribution in [0.3, 0.4) is 0 Å². The quantitative estimate of drug-likeness (QED) is 0.819. The third kappa shape index (κ3) is 2.68. The molecular formula is C11H14F3NOS. The Morgan fingerprint density at radius 2 is 1.94 bits per heavy atom. The number of halogens is 3. The molecule has 0 aromatic carbocycles. The predicted molar refractivity (Wildman–Crippen MR) is 63.4 cm³/mol. The van der Waals surface area contributed by atoms with Crippen molar-refractivity contribution in [1.82, 2.24) is 4.57 Å². The van der Waals surface area contributed by atoms with E-state index in [0.717, 1.165) is 10.8 Å². The number of rotatable bonds is 2. The van der Waals surface area contributed by atoms with E-state index in [1.807, 2.05) is 0 Å². The molecule has 96 valence electrons. The highest BCUT2D eigenvalue weighted by Crippen LogP contribution is 2.35. The van der Waals surface area contributed by atoms with Gasteiger partial charge in [-0.05, 0) is 25.7 Å². The van der Waals surface area contributed by atoms with Crippen LogP contribution < -0.4 is 5.56 Å². The molecule has 0 radical (unpaired) electrons. The van der Waals surface area contributed by atoms with E-state index in [-0.39, 0.29) is 21.9 Å². The minimum absolute atomic E-state index is 0.0300. The van der Waals surface area contributed by atoms with Gasteiger partial charge in [-0.3, -0.25) is 4.79 Å². The third-order valence-corrected chi connectivity index (χ3v) is 3.69. The molecule has 1 unspecified atom stereocenters. The van der Waals surface area contributed by atoms with Crippen molar-refractivity contribution < 1.29 is 13.2 Å². The minimum Gasteiger partial charge on any atom is -0.318 e. The zero-order valence-corrected chi connectivity index (χ0v) is 10.9. The van der Waals surface area contributed by atoms with E-state index >= 15 is 0 Å². The highest BCUT2D eigenvalue weighted by molar-refractivity contribution is 7.98. The van der Waals surface area contributed by atoms with Gasteiger partial charge in [-0.25, -0.2) is 0 Å². The predicted octanol–water partition coefficient (Wildman–Crippen LogP) is 3.14. The van der Waals surface area contributed by atoms with Crippen LogP contribution in [-0.4, -0.2) is 10.8 Å². The second kappa shape index (κ2) is 4.76. The smallest absolute Gasteiger partial charge is 0.318 e.